The monoisotopic (exact) mass is 352 g/mol. The van der Waals surface area contributed by atoms with Crippen LogP contribution in [0, 0.1) is 6.92 Å². The standard InChI is InChI=1S/C15H17BrN2O3/c1-5-20-14(19)15(3,4)13-17-12(18-21-13)10-7-6-9(2)11(16)8-10/h6-8H,5H2,1-4H3. The van der Waals surface area contributed by atoms with Gasteiger partial charge in [-0.3, -0.25) is 4.79 Å². The van der Waals surface area contributed by atoms with E-state index < -0.39 is 5.41 Å². The molecule has 0 fully saturated rings. The molecular weight excluding hydrogens is 336 g/mol. The highest BCUT2D eigenvalue weighted by atomic mass is 79.9. The largest absolute Gasteiger partial charge is 0.465 e. The third kappa shape index (κ3) is 3.15. The normalized spacial score (nSPS) is 11.5. The Labute approximate surface area is 131 Å². The lowest BCUT2D eigenvalue weighted by Gasteiger charge is -2.16. The van der Waals surface area contributed by atoms with Gasteiger partial charge in [0.2, 0.25) is 11.7 Å². The van der Waals surface area contributed by atoms with Crippen LogP contribution in [0.5, 0.6) is 0 Å². The summed E-state index contributed by atoms with van der Waals surface area (Å²) in [5, 5.41) is 3.95. The van der Waals surface area contributed by atoms with E-state index in [1.54, 1.807) is 20.8 Å². The second-order valence-corrected chi connectivity index (χ2v) is 6.09. The molecular formula is C15H17BrN2O3. The molecule has 112 valence electrons. The number of carbonyl (C=O) groups is 1. The molecule has 1 aromatic carbocycles. The molecule has 0 aliphatic heterocycles. The predicted octanol–water partition coefficient (Wildman–Crippen LogP) is 3.65. The molecule has 0 amide bonds. The van der Waals surface area contributed by atoms with Gasteiger partial charge in [-0.1, -0.05) is 33.2 Å². The van der Waals surface area contributed by atoms with Crippen LogP contribution >= 0.6 is 15.9 Å². The van der Waals surface area contributed by atoms with Gasteiger partial charge in [0.15, 0.2) is 0 Å². The summed E-state index contributed by atoms with van der Waals surface area (Å²) < 4.78 is 11.2. The number of hydrogen-bond acceptors (Lipinski definition) is 5. The highest BCUT2D eigenvalue weighted by Crippen LogP contribution is 2.28. The van der Waals surface area contributed by atoms with Crippen molar-refractivity contribution in [3.05, 3.63) is 34.1 Å². The summed E-state index contributed by atoms with van der Waals surface area (Å²) in [7, 11) is 0. The number of hydrogen-bond donors (Lipinski definition) is 0. The maximum atomic E-state index is 12.0. The highest BCUT2D eigenvalue weighted by Gasteiger charge is 2.37. The zero-order valence-electron chi connectivity index (χ0n) is 12.4. The van der Waals surface area contributed by atoms with E-state index in [4.69, 9.17) is 9.26 Å². The van der Waals surface area contributed by atoms with Crippen molar-refractivity contribution in [3.8, 4) is 11.4 Å². The molecule has 0 aliphatic carbocycles. The van der Waals surface area contributed by atoms with E-state index in [2.05, 4.69) is 26.1 Å². The Kier molecular flexibility index (Phi) is 4.46. The first-order chi connectivity index (χ1) is 9.86. The summed E-state index contributed by atoms with van der Waals surface area (Å²) in [4.78, 5) is 16.3. The molecule has 21 heavy (non-hydrogen) atoms. The number of aromatic nitrogens is 2. The minimum atomic E-state index is -0.969. The minimum Gasteiger partial charge on any atom is -0.465 e. The number of halogens is 1. The van der Waals surface area contributed by atoms with Crippen molar-refractivity contribution >= 4 is 21.9 Å². The predicted molar refractivity (Wildman–Crippen MR) is 81.8 cm³/mol. The van der Waals surface area contributed by atoms with Gasteiger partial charge in [-0.25, -0.2) is 0 Å². The van der Waals surface area contributed by atoms with Crippen molar-refractivity contribution in [1.29, 1.82) is 0 Å². The van der Waals surface area contributed by atoms with Gasteiger partial charge in [0.05, 0.1) is 6.61 Å². The Morgan fingerprint density at radius 3 is 2.76 bits per heavy atom. The molecule has 0 unspecified atom stereocenters. The topological polar surface area (TPSA) is 65.2 Å². The fourth-order valence-electron chi connectivity index (χ4n) is 1.73. The quantitative estimate of drug-likeness (QED) is 0.785. The Bertz CT molecular complexity index is 665. The van der Waals surface area contributed by atoms with Crippen molar-refractivity contribution in [2.24, 2.45) is 0 Å². The number of nitrogens with zero attached hydrogens (tertiary/aromatic N) is 2. The lowest BCUT2D eigenvalue weighted by atomic mass is 9.94. The van der Waals surface area contributed by atoms with E-state index in [0.717, 1.165) is 15.6 Å². The van der Waals surface area contributed by atoms with Crippen LogP contribution in [0.4, 0.5) is 0 Å². The summed E-state index contributed by atoms with van der Waals surface area (Å²) in [6.45, 7) is 7.48. The summed E-state index contributed by atoms with van der Waals surface area (Å²) in [6, 6.07) is 5.79. The molecule has 0 bridgehead atoms. The maximum Gasteiger partial charge on any atom is 0.321 e. The number of rotatable bonds is 4. The highest BCUT2D eigenvalue weighted by molar-refractivity contribution is 9.10. The lowest BCUT2D eigenvalue weighted by molar-refractivity contribution is -0.149. The molecule has 0 spiro atoms. The van der Waals surface area contributed by atoms with Gasteiger partial charge in [0, 0.05) is 10.0 Å². The van der Waals surface area contributed by atoms with E-state index >= 15 is 0 Å². The molecule has 1 aromatic heterocycles. The van der Waals surface area contributed by atoms with Crippen LogP contribution in [0.2, 0.25) is 0 Å². The van der Waals surface area contributed by atoms with Crippen LogP contribution in [0.1, 0.15) is 32.2 Å². The maximum absolute atomic E-state index is 12.0. The van der Waals surface area contributed by atoms with E-state index in [0.29, 0.717) is 12.4 Å². The number of ether oxygens (including phenoxy) is 1. The fraction of sp³-hybridized carbons (Fsp3) is 0.400. The average Bonchev–Trinajstić information content (AvgIpc) is 2.92. The zero-order valence-corrected chi connectivity index (χ0v) is 14.0. The first kappa shape index (κ1) is 15.7. The second kappa shape index (κ2) is 5.97. The third-order valence-corrected chi connectivity index (χ3v) is 4.03. The summed E-state index contributed by atoms with van der Waals surface area (Å²) in [6.07, 6.45) is 0. The van der Waals surface area contributed by atoms with Crippen molar-refractivity contribution < 1.29 is 14.1 Å². The van der Waals surface area contributed by atoms with Crippen LogP contribution in [-0.4, -0.2) is 22.7 Å². The Morgan fingerprint density at radius 1 is 1.43 bits per heavy atom. The smallest absolute Gasteiger partial charge is 0.321 e. The zero-order chi connectivity index (χ0) is 15.6. The SMILES string of the molecule is CCOC(=O)C(C)(C)c1nc(-c2ccc(C)c(Br)c2)no1. The van der Waals surface area contributed by atoms with Crippen LogP contribution in [0.3, 0.4) is 0 Å². The first-order valence-corrected chi connectivity index (χ1v) is 7.43. The van der Waals surface area contributed by atoms with Gasteiger partial charge < -0.3 is 9.26 Å². The van der Waals surface area contributed by atoms with Gasteiger partial charge in [-0.2, -0.15) is 4.98 Å². The second-order valence-electron chi connectivity index (χ2n) is 5.23. The summed E-state index contributed by atoms with van der Waals surface area (Å²) in [5.41, 5.74) is 0.972. The van der Waals surface area contributed by atoms with Crippen molar-refractivity contribution in [2.45, 2.75) is 33.1 Å². The molecule has 5 nitrogen and oxygen atoms in total. The molecule has 0 atom stereocenters. The number of esters is 1. The van der Waals surface area contributed by atoms with Gasteiger partial charge in [-0.15, -0.1) is 0 Å². The molecule has 0 aliphatic rings. The number of benzene rings is 1. The summed E-state index contributed by atoms with van der Waals surface area (Å²) in [5.74, 6) is 0.306. The Balaban J connectivity index is 2.33. The lowest BCUT2D eigenvalue weighted by Crippen LogP contribution is -2.31. The van der Waals surface area contributed by atoms with Gasteiger partial charge in [0.25, 0.3) is 0 Å². The van der Waals surface area contributed by atoms with Gasteiger partial charge in [-0.05, 0) is 39.3 Å². The number of aryl methyl sites for hydroxylation is 1. The van der Waals surface area contributed by atoms with E-state index in [-0.39, 0.29) is 11.9 Å². The molecule has 0 N–H and O–H groups in total. The first-order valence-electron chi connectivity index (χ1n) is 6.64. The Hall–Kier alpha value is -1.69. The van der Waals surface area contributed by atoms with Crippen molar-refractivity contribution in [1.82, 2.24) is 10.1 Å². The molecule has 6 heteroatoms. The molecule has 0 saturated heterocycles. The molecule has 1 heterocycles. The van der Waals surface area contributed by atoms with Crippen LogP contribution in [0.15, 0.2) is 27.2 Å². The van der Waals surface area contributed by atoms with E-state index in [1.165, 1.54) is 0 Å². The van der Waals surface area contributed by atoms with Gasteiger partial charge >= 0.3 is 5.97 Å². The van der Waals surface area contributed by atoms with Crippen molar-refractivity contribution in [2.75, 3.05) is 6.61 Å². The van der Waals surface area contributed by atoms with Crippen LogP contribution in [-0.2, 0) is 14.9 Å². The Morgan fingerprint density at radius 2 is 2.14 bits per heavy atom. The van der Waals surface area contributed by atoms with Crippen LogP contribution in [0.25, 0.3) is 11.4 Å². The fourth-order valence-corrected chi connectivity index (χ4v) is 2.10. The van der Waals surface area contributed by atoms with E-state index in [1.807, 2.05) is 25.1 Å². The molecule has 2 rings (SSSR count). The number of carbonyl (C=O) groups excluding carboxylic acids is 1. The third-order valence-electron chi connectivity index (χ3n) is 3.18. The van der Waals surface area contributed by atoms with E-state index in [9.17, 15) is 4.79 Å². The molecule has 0 radical (unpaired) electrons. The average molecular weight is 353 g/mol. The van der Waals surface area contributed by atoms with Crippen molar-refractivity contribution in [3.63, 3.8) is 0 Å². The molecule has 2 aromatic rings. The minimum absolute atomic E-state index is 0.243. The molecule has 0 saturated carbocycles. The van der Waals surface area contributed by atoms with Crippen LogP contribution < -0.4 is 0 Å². The van der Waals surface area contributed by atoms with Gasteiger partial charge in [0.1, 0.15) is 5.41 Å². The summed E-state index contributed by atoms with van der Waals surface area (Å²) >= 11 is 3.47.